The summed E-state index contributed by atoms with van der Waals surface area (Å²) in [6, 6.07) is 10.4. The molecule has 0 spiro atoms. The molecule has 26 heavy (non-hydrogen) atoms. The molecule has 138 valence electrons. The van der Waals surface area contributed by atoms with Gasteiger partial charge in [-0.3, -0.25) is 0 Å². The van der Waals surface area contributed by atoms with Crippen LogP contribution in [0.5, 0.6) is 5.75 Å². The molecule has 2 aromatic carbocycles. The van der Waals surface area contributed by atoms with Crippen LogP contribution in [0.15, 0.2) is 30.3 Å². The van der Waals surface area contributed by atoms with Gasteiger partial charge in [0.15, 0.2) is 0 Å². The van der Waals surface area contributed by atoms with E-state index < -0.39 is 0 Å². The van der Waals surface area contributed by atoms with Gasteiger partial charge < -0.3 is 5.11 Å². The third-order valence-corrected chi connectivity index (χ3v) is 4.77. The standard InChI is InChI=1S/C22H29N3O/c1-4-7-10-16-11-12-19-20(14-16)24-25(23-19)21-15-17(8-5-2)13-18(9-6-3)22(21)26/h11-15,26H,4-10H2,1-3H3. The lowest BCUT2D eigenvalue weighted by molar-refractivity contribution is 0.460. The van der Waals surface area contributed by atoms with Crippen LogP contribution in [-0.2, 0) is 19.3 Å². The molecule has 0 aliphatic carbocycles. The van der Waals surface area contributed by atoms with E-state index in [4.69, 9.17) is 0 Å². The minimum atomic E-state index is 0.304. The highest BCUT2D eigenvalue weighted by Gasteiger charge is 2.14. The molecule has 0 saturated carbocycles. The zero-order chi connectivity index (χ0) is 18.5. The van der Waals surface area contributed by atoms with Gasteiger partial charge in [0.2, 0.25) is 0 Å². The molecule has 3 rings (SSSR count). The van der Waals surface area contributed by atoms with E-state index in [2.05, 4.69) is 49.2 Å². The third kappa shape index (κ3) is 3.90. The quantitative estimate of drug-likeness (QED) is 0.593. The molecule has 0 amide bonds. The fourth-order valence-corrected chi connectivity index (χ4v) is 3.39. The molecule has 3 aromatic rings. The number of nitrogens with zero attached hydrogens (tertiary/aromatic N) is 3. The van der Waals surface area contributed by atoms with Crippen LogP contribution in [0.2, 0.25) is 0 Å². The summed E-state index contributed by atoms with van der Waals surface area (Å²) in [5, 5.41) is 20.0. The van der Waals surface area contributed by atoms with Crippen molar-refractivity contribution in [2.45, 2.75) is 65.7 Å². The zero-order valence-electron chi connectivity index (χ0n) is 16.1. The molecule has 4 nitrogen and oxygen atoms in total. The molecule has 1 heterocycles. The van der Waals surface area contributed by atoms with Gasteiger partial charge in [-0.05, 0) is 60.6 Å². The average molecular weight is 351 g/mol. The number of hydrogen-bond donors (Lipinski definition) is 1. The molecule has 0 bridgehead atoms. The highest BCUT2D eigenvalue weighted by atomic mass is 16.3. The smallest absolute Gasteiger partial charge is 0.146 e. The average Bonchev–Trinajstić information content (AvgIpc) is 3.06. The largest absolute Gasteiger partial charge is 0.505 e. The zero-order valence-corrected chi connectivity index (χ0v) is 16.1. The monoisotopic (exact) mass is 351 g/mol. The molecular formula is C22H29N3O. The number of aromatic nitrogens is 3. The second-order valence-corrected chi connectivity index (χ2v) is 7.04. The van der Waals surface area contributed by atoms with Gasteiger partial charge >= 0.3 is 0 Å². The summed E-state index contributed by atoms with van der Waals surface area (Å²) >= 11 is 0. The molecule has 0 aliphatic rings. The number of phenolic OH excluding ortho intramolecular Hbond substituents is 1. The SMILES string of the molecule is CCCCc1ccc2nn(-c3cc(CCC)cc(CCC)c3O)nc2c1. The van der Waals surface area contributed by atoms with Crippen LogP contribution < -0.4 is 0 Å². The van der Waals surface area contributed by atoms with Gasteiger partial charge in [0, 0.05) is 0 Å². The second kappa shape index (κ2) is 8.35. The Morgan fingerprint density at radius 2 is 1.58 bits per heavy atom. The number of aromatic hydroxyl groups is 1. The molecule has 0 saturated heterocycles. The fraction of sp³-hybridized carbons (Fsp3) is 0.455. The van der Waals surface area contributed by atoms with Crippen molar-refractivity contribution >= 4 is 11.0 Å². The van der Waals surface area contributed by atoms with Gasteiger partial charge in [-0.2, -0.15) is 0 Å². The Morgan fingerprint density at radius 3 is 2.31 bits per heavy atom. The summed E-state index contributed by atoms with van der Waals surface area (Å²) in [5.41, 5.74) is 5.94. The highest BCUT2D eigenvalue weighted by Crippen LogP contribution is 2.30. The van der Waals surface area contributed by atoms with Crippen LogP contribution in [-0.4, -0.2) is 20.1 Å². The normalized spacial score (nSPS) is 11.3. The van der Waals surface area contributed by atoms with Crippen LogP contribution in [0.3, 0.4) is 0 Å². The lowest BCUT2D eigenvalue weighted by Crippen LogP contribution is -2.03. The molecule has 0 aliphatic heterocycles. The van der Waals surface area contributed by atoms with Crippen LogP contribution in [0.1, 0.15) is 63.1 Å². The van der Waals surface area contributed by atoms with Crippen molar-refractivity contribution in [2.75, 3.05) is 0 Å². The van der Waals surface area contributed by atoms with E-state index in [0.717, 1.165) is 48.7 Å². The number of rotatable bonds is 8. The van der Waals surface area contributed by atoms with E-state index in [1.807, 2.05) is 12.1 Å². The van der Waals surface area contributed by atoms with Crippen molar-refractivity contribution in [1.29, 1.82) is 0 Å². The molecule has 0 atom stereocenters. The van der Waals surface area contributed by atoms with E-state index in [1.54, 1.807) is 4.80 Å². The molecule has 4 heteroatoms. The van der Waals surface area contributed by atoms with Crippen LogP contribution in [0.25, 0.3) is 16.7 Å². The summed E-state index contributed by atoms with van der Waals surface area (Å²) in [6.45, 7) is 6.50. The first-order chi connectivity index (χ1) is 12.7. The van der Waals surface area contributed by atoms with Gasteiger partial charge in [-0.25, -0.2) is 0 Å². The van der Waals surface area contributed by atoms with Crippen LogP contribution in [0, 0.1) is 0 Å². The van der Waals surface area contributed by atoms with E-state index >= 15 is 0 Å². The summed E-state index contributed by atoms with van der Waals surface area (Å²) in [7, 11) is 0. The Bertz CT molecular complexity index is 882. The number of unbranched alkanes of at least 4 members (excludes halogenated alkanes) is 1. The summed E-state index contributed by atoms with van der Waals surface area (Å²) in [5.74, 6) is 0.304. The second-order valence-electron chi connectivity index (χ2n) is 7.04. The van der Waals surface area contributed by atoms with E-state index in [9.17, 15) is 5.11 Å². The van der Waals surface area contributed by atoms with E-state index in [0.29, 0.717) is 11.4 Å². The Labute approximate surface area is 155 Å². The van der Waals surface area contributed by atoms with Gasteiger partial charge in [0.05, 0.1) is 0 Å². The Balaban J connectivity index is 2.04. The molecule has 0 unspecified atom stereocenters. The Morgan fingerprint density at radius 1 is 0.808 bits per heavy atom. The summed E-state index contributed by atoms with van der Waals surface area (Å²) in [6.07, 6.45) is 7.35. The lowest BCUT2D eigenvalue weighted by atomic mass is 10.0. The number of hydrogen-bond acceptors (Lipinski definition) is 3. The predicted octanol–water partition coefficient (Wildman–Crippen LogP) is 5.37. The Kier molecular flexibility index (Phi) is 5.92. The maximum Gasteiger partial charge on any atom is 0.146 e. The summed E-state index contributed by atoms with van der Waals surface area (Å²) in [4.78, 5) is 1.60. The van der Waals surface area contributed by atoms with Crippen LogP contribution >= 0.6 is 0 Å². The lowest BCUT2D eigenvalue weighted by Gasteiger charge is -2.11. The number of fused-ring (bicyclic) bond motifs is 1. The van der Waals surface area contributed by atoms with Gasteiger partial charge in [-0.1, -0.05) is 52.2 Å². The van der Waals surface area contributed by atoms with Gasteiger partial charge in [0.25, 0.3) is 0 Å². The first kappa shape index (κ1) is 18.4. The fourth-order valence-electron chi connectivity index (χ4n) is 3.39. The predicted molar refractivity (Wildman–Crippen MR) is 107 cm³/mol. The van der Waals surface area contributed by atoms with Gasteiger partial charge in [0.1, 0.15) is 22.5 Å². The Hall–Kier alpha value is -2.36. The van der Waals surface area contributed by atoms with E-state index in [1.165, 1.54) is 24.0 Å². The molecule has 1 N–H and O–H groups in total. The van der Waals surface area contributed by atoms with Crippen molar-refractivity contribution in [3.63, 3.8) is 0 Å². The molecular weight excluding hydrogens is 322 g/mol. The minimum absolute atomic E-state index is 0.304. The van der Waals surface area contributed by atoms with Crippen molar-refractivity contribution in [3.05, 3.63) is 47.0 Å². The summed E-state index contributed by atoms with van der Waals surface area (Å²) < 4.78 is 0. The maximum absolute atomic E-state index is 10.8. The van der Waals surface area contributed by atoms with E-state index in [-0.39, 0.29) is 0 Å². The van der Waals surface area contributed by atoms with Crippen LogP contribution in [0.4, 0.5) is 0 Å². The number of aryl methyl sites for hydroxylation is 3. The molecule has 1 aromatic heterocycles. The number of benzene rings is 2. The first-order valence-corrected chi connectivity index (χ1v) is 9.87. The van der Waals surface area contributed by atoms with Crippen molar-refractivity contribution in [2.24, 2.45) is 0 Å². The minimum Gasteiger partial charge on any atom is -0.505 e. The van der Waals surface area contributed by atoms with Crippen molar-refractivity contribution < 1.29 is 5.11 Å². The number of phenols is 1. The van der Waals surface area contributed by atoms with Crippen molar-refractivity contribution in [3.8, 4) is 11.4 Å². The molecule has 0 radical (unpaired) electrons. The third-order valence-electron chi connectivity index (χ3n) is 4.77. The van der Waals surface area contributed by atoms with Gasteiger partial charge in [-0.15, -0.1) is 15.0 Å². The molecule has 0 fully saturated rings. The maximum atomic E-state index is 10.8. The topological polar surface area (TPSA) is 50.9 Å². The highest BCUT2D eigenvalue weighted by molar-refractivity contribution is 5.75. The van der Waals surface area contributed by atoms with Crippen molar-refractivity contribution in [1.82, 2.24) is 15.0 Å². The first-order valence-electron chi connectivity index (χ1n) is 9.87.